The number of hydrogen-bond acceptors (Lipinski definition) is 3. The molecule has 0 fully saturated rings. The van der Waals surface area contributed by atoms with Crippen LogP contribution in [0.2, 0.25) is 0 Å². The Bertz CT molecular complexity index is 324. The lowest BCUT2D eigenvalue weighted by molar-refractivity contribution is 0.639. The first-order valence-corrected chi connectivity index (χ1v) is 6.64. The minimum Gasteiger partial charge on any atom is -0.330 e. The fraction of sp³-hybridized carbons (Fsp3) is 0.700. The van der Waals surface area contributed by atoms with Crippen molar-refractivity contribution in [2.24, 2.45) is 18.7 Å². The fourth-order valence-corrected chi connectivity index (χ4v) is 2.71. The molecule has 86 valence electrons. The molecule has 1 rings (SSSR count). The van der Waals surface area contributed by atoms with Gasteiger partial charge in [-0.2, -0.15) is 5.10 Å². The summed E-state index contributed by atoms with van der Waals surface area (Å²) < 4.78 is 13.5. The number of nitrogens with two attached hydrogens (primary N) is 1. The maximum absolute atomic E-state index is 11.6. The van der Waals surface area contributed by atoms with E-state index in [4.69, 9.17) is 5.73 Å². The Morgan fingerprint density at radius 3 is 2.93 bits per heavy atom. The van der Waals surface area contributed by atoms with Crippen molar-refractivity contribution in [3.63, 3.8) is 0 Å². The van der Waals surface area contributed by atoms with Gasteiger partial charge in [0.05, 0.1) is 0 Å². The van der Waals surface area contributed by atoms with Crippen molar-refractivity contribution in [2.75, 3.05) is 18.1 Å². The van der Waals surface area contributed by atoms with Crippen LogP contribution in [0.15, 0.2) is 12.3 Å². The summed E-state index contributed by atoms with van der Waals surface area (Å²) in [6.07, 6.45) is 2.58. The molecular weight excluding hydrogens is 210 g/mol. The molecule has 0 amide bonds. The van der Waals surface area contributed by atoms with Crippen LogP contribution in [0.4, 0.5) is 0 Å². The van der Waals surface area contributed by atoms with Gasteiger partial charge in [0.1, 0.15) is 0 Å². The van der Waals surface area contributed by atoms with E-state index in [0.29, 0.717) is 24.0 Å². The zero-order chi connectivity index (χ0) is 11.3. The molecule has 0 radical (unpaired) electrons. The maximum atomic E-state index is 11.6. The third kappa shape index (κ3) is 4.13. The Morgan fingerprint density at radius 1 is 1.67 bits per heavy atom. The summed E-state index contributed by atoms with van der Waals surface area (Å²) in [6, 6.07) is 1.96. The number of aryl methyl sites for hydroxylation is 2. The second kappa shape index (κ2) is 6.02. The topological polar surface area (TPSA) is 60.9 Å². The molecule has 0 aliphatic rings. The summed E-state index contributed by atoms with van der Waals surface area (Å²) in [5.74, 6) is 1.75. The number of rotatable bonds is 6. The second-order valence-electron chi connectivity index (χ2n) is 3.85. The van der Waals surface area contributed by atoms with Crippen molar-refractivity contribution in [1.82, 2.24) is 9.78 Å². The molecule has 15 heavy (non-hydrogen) atoms. The average molecular weight is 229 g/mol. The average Bonchev–Trinajstić information content (AvgIpc) is 2.61. The zero-order valence-electron chi connectivity index (χ0n) is 9.35. The van der Waals surface area contributed by atoms with Gasteiger partial charge in [-0.1, -0.05) is 6.92 Å². The van der Waals surface area contributed by atoms with E-state index in [2.05, 4.69) is 5.10 Å². The van der Waals surface area contributed by atoms with E-state index in [9.17, 15) is 4.21 Å². The van der Waals surface area contributed by atoms with Gasteiger partial charge in [-0.3, -0.25) is 8.89 Å². The van der Waals surface area contributed by atoms with Crippen LogP contribution in [-0.4, -0.2) is 32.0 Å². The molecule has 0 aliphatic carbocycles. The number of hydrogen-bond donors (Lipinski definition) is 1. The lowest BCUT2D eigenvalue weighted by Gasteiger charge is -2.07. The molecule has 2 N–H and O–H groups in total. The van der Waals surface area contributed by atoms with E-state index < -0.39 is 10.8 Å². The van der Waals surface area contributed by atoms with Crippen molar-refractivity contribution >= 4 is 10.8 Å². The van der Waals surface area contributed by atoms with Gasteiger partial charge in [0.25, 0.3) is 0 Å². The summed E-state index contributed by atoms with van der Waals surface area (Å²) in [7, 11) is 1.14. The summed E-state index contributed by atoms with van der Waals surface area (Å²) >= 11 is 0. The molecule has 2 unspecified atom stereocenters. The van der Waals surface area contributed by atoms with Crippen LogP contribution in [0.5, 0.6) is 0 Å². The van der Waals surface area contributed by atoms with Gasteiger partial charge in [0.2, 0.25) is 0 Å². The Balaban J connectivity index is 2.31. The molecule has 0 bridgehead atoms. The molecular formula is C10H19N3OS. The first kappa shape index (κ1) is 12.4. The van der Waals surface area contributed by atoms with E-state index in [1.54, 1.807) is 6.20 Å². The van der Waals surface area contributed by atoms with Crippen molar-refractivity contribution in [3.05, 3.63) is 18.0 Å². The predicted octanol–water partition coefficient (Wildman–Crippen LogP) is 0.306. The smallest absolute Gasteiger partial charge is 0.0492 e. The summed E-state index contributed by atoms with van der Waals surface area (Å²) in [5, 5.41) is 4.07. The van der Waals surface area contributed by atoms with Crippen LogP contribution in [0, 0.1) is 5.92 Å². The van der Waals surface area contributed by atoms with Gasteiger partial charge < -0.3 is 5.73 Å². The third-order valence-corrected chi connectivity index (χ3v) is 3.98. The minimum atomic E-state index is -0.764. The largest absolute Gasteiger partial charge is 0.330 e. The normalized spacial score (nSPS) is 15.1. The molecule has 0 saturated carbocycles. The lowest BCUT2D eigenvalue weighted by atomic mass is 10.2. The highest BCUT2D eigenvalue weighted by atomic mass is 32.2. The standard InChI is InChI=1S/C10H19N3OS/c1-9(7-11)8-15(14)6-4-10-3-5-12-13(10)2/h3,5,9H,4,6-8,11H2,1-2H3. The van der Waals surface area contributed by atoms with Crippen LogP contribution in [0.1, 0.15) is 12.6 Å². The molecule has 1 heterocycles. The van der Waals surface area contributed by atoms with E-state index in [1.165, 1.54) is 0 Å². The molecule has 4 nitrogen and oxygen atoms in total. The van der Waals surface area contributed by atoms with E-state index >= 15 is 0 Å². The maximum Gasteiger partial charge on any atom is 0.0492 e. The summed E-state index contributed by atoms with van der Waals surface area (Å²) in [6.45, 7) is 2.64. The number of aromatic nitrogens is 2. The Morgan fingerprint density at radius 2 is 2.40 bits per heavy atom. The molecule has 0 spiro atoms. The summed E-state index contributed by atoms with van der Waals surface area (Å²) in [4.78, 5) is 0. The molecule has 1 aromatic heterocycles. The summed E-state index contributed by atoms with van der Waals surface area (Å²) in [5.41, 5.74) is 6.62. The first-order chi connectivity index (χ1) is 7.13. The Hall–Kier alpha value is -0.680. The van der Waals surface area contributed by atoms with Crippen molar-refractivity contribution in [3.8, 4) is 0 Å². The third-order valence-electron chi connectivity index (χ3n) is 2.38. The Labute approximate surface area is 93.3 Å². The first-order valence-electron chi connectivity index (χ1n) is 5.15. The van der Waals surface area contributed by atoms with Gasteiger partial charge in [0.15, 0.2) is 0 Å². The minimum absolute atomic E-state index is 0.345. The van der Waals surface area contributed by atoms with E-state index in [1.807, 2.05) is 24.7 Å². The highest BCUT2D eigenvalue weighted by Gasteiger charge is 2.07. The molecule has 0 saturated heterocycles. The molecule has 0 aromatic carbocycles. The highest BCUT2D eigenvalue weighted by molar-refractivity contribution is 7.84. The van der Waals surface area contributed by atoms with Crippen molar-refractivity contribution in [1.29, 1.82) is 0 Å². The second-order valence-corrected chi connectivity index (χ2v) is 5.47. The van der Waals surface area contributed by atoms with Crippen LogP contribution < -0.4 is 5.73 Å². The molecule has 1 aromatic rings. The molecule has 2 atom stereocenters. The van der Waals surface area contributed by atoms with E-state index in [-0.39, 0.29) is 0 Å². The van der Waals surface area contributed by atoms with E-state index in [0.717, 1.165) is 12.1 Å². The van der Waals surface area contributed by atoms with Crippen LogP contribution in [-0.2, 0) is 24.3 Å². The van der Waals surface area contributed by atoms with Gasteiger partial charge >= 0.3 is 0 Å². The van der Waals surface area contributed by atoms with Crippen LogP contribution in [0.3, 0.4) is 0 Å². The van der Waals surface area contributed by atoms with Crippen molar-refractivity contribution in [2.45, 2.75) is 13.3 Å². The monoisotopic (exact) mass is 229 g/mol. The SMILES string of the molecule is CC(CN)CS(=O)CCc1ccnn1C. The zero-order valence-corrected chi connectivity index (χ0v) is 10.2. The Kier molecular flexibility index (Phi) is 4.98. The van der Waals surface area contributed by atoms with Gasteiger partial charge in [-0.25, -0.2) is 0 Å². The highest BCUT2D eigenvalue weighted by Crippen LogP contribution is 2.01. The van der Waals surface area contributed by atoms with Crippen LogP contribution in [0.25, 0.3) is 0 Å². The van der Waals surface area contributed by atoms with Crippen molar-refractivity contribution < 1.29 is 4.21 Å². The number of nitrogens with zero attached hydrogens (tertiary/aromatic N) is 2. The van der Waals surface area contributed by atoms with Crippen LogP contribution >= 0.6 is 0 Å². The fourth-order valence-electron chi connectivity index (χ4n) is 1.33. The molecule has 5 heteroatoms. The quantitative estimate of drug-likeness (QED) is 0.763. The lowest BCUT2D eigenvalue weighted by Crippen LogP contribution is -2.19. The molecule has 0 aliphatic heterocycles. The van der Waals surface area contributed by atoms with Gasteiger partial charge in [0, 0.05) is 47.7 Å². The van der Waals surface area contributed by atoms with Gasteiger partial charge in [-0.15, -0.1) is 0 Å². The predicted molar refractivity (Wildman–Crippen MR) is 63.0 cm³/mol. The van der Waals surface area contributed by atoms with Gasteiger partial charge in [-0.05, 0) is 18.5 Å².